The molecule has 0 amide bonds. The number of aromatic nitrogens is 2. The van der Waals surface area contributed by atoms with E-state index in [-0.39, 0.29) is 12.6 Å². The van der Waals surface area contributed by atoms with E-state index < -0.39 is 29.0 Å². The summed E-state index contributed by atoms with van der Waals surface area (Å²) in [6, 6.07) is 0.155. The van der Waals surface area contributed by atoms with Crippen molar-refractivity contribution in [1.82, 2.24) is 9.97 Å². The average Bonchev–Trinajstić information content (AvgIpc) is 2.79. The van der Waals surface area contributed by atoms with Gasteiger partial charge in [0.25, 0.3) is 0 Å². The summed E-state index contributed by atoms with van der Waals surface area (Å²) in [6.07, 6.45) is 2.95. The van der Waals surface area contributed by atoms with Crippen molar-refractivity contribution in [2.45, 2.75) is 6.54 Å². The van der Waals surface area contributed by atoms with Gasteiger partial charge in [-0.3, -0.25) is 0 Å². The minimum atomic E-state index is -1.46. The van der Waals surface area contributed by atoms with Crippen LogP contribution in [0.15, 0.2) is 18.5 Å². The Balaban J connectivity index is 2.26. The van der Waals surface area contributed by atoms with E-state index in [1.165, 1.54) is 12.4 Å². The zero-order chi connectivity index (χ0) is 12.4. The van der Waals surface area contributed by atoms with Crippen LogP contribution in [-0.2, 0) is 6.54 Å². The number of aromatic amines is 1. The van der Waals surface area contributed by atoms with Gasteiger partial charge in [0, 0.05) is 18.5 Å². The minimum Gasteiger partial charge on any atom is -0.373 e. The Morgan fingerprint density at radius 2 is 1.76 bits per heavy atom. The zero-order valence-electron chi connectivity index (χ0n) is 8.40. The SMILES string of the molecule is Fc1cc(F)c(F)c(NCc2ncc[nH]2)c1F. The molecular weight excluding hydrogens is 238 g/mol. The third-order valence-electron chi connectivity index (χ3n) is 2.10. The van der Waals surface area contributed by atoms with Gasteiger partial charge < -0.3 is 10.3 Å². The van der Waals surface area contributed by atoms with Crippen LogP contribution in [0.5, 0.6) is 0 Å². The molecule has 0 unspecified atom stereocenters. The van der Waals surface area contributed by atoms with Crippen molar-refractivity contribution in [2.75, 3.05) is 5.32 Å². The van der Waals surface area contributed by atoms with Crippen LogP contribution in [0, 0.1) is 23.3 Å². The van der Waals surface area contributed by atoms with Crippen LogP contribution in [0.1, 0.15) is 5.82 Å². The Bertz CT molecular complexity index is 499. The van der Waals surface area contributed by atoms with Gasteiger partial charge in [0.2, 0.25) is 0 Å². The van der Waals surface area contributed by atoms with Gasteiger partial charge in [-0.1, -0.05) is 0 Å². The molecule has 2 rings (SSSR count). The Labute approximate surface area is 93.5 Å². The summed E-state index contributed by atoms with van der Waals surface area (Å²) in [4.78, 5) is 6.45. The number of anilines is 1. The summed E-state index contributed by atoms with van der Waals surface area (Å²) in [5.74, 6) is -5.45. The second-order valence-corrected chi connectivity index (χ2v) is 3.23. The van der Waals surface area contributed by atoms with Gasteiger partial charge in [-0.2, -0.15) is 0 Å². The molecule has 0 aliphatic rings. The van der Waals surface area contributed by atoms with Crippen LogP contribution in [0.4, 0.5) is 23.2 Å². The number of H-pyrrole nitrogens is 1. The Kier molecular flexibility index (Phi) is 2.99. The molecule has 0 aliphatic carbocycles. The molecule has 1 aromatic heterocycles. The van der Waals surface area contributed by atoms with Gasteiger partial charge in [0.1, 0.15) is 11.5 Å². The largest absolute Gasteiger partial charge is 0.373 e. The first-order chi connectivity index (χ1) is 8.09. The lowest BCUT2D eigenvalue weighted by Gasteiger charge is -2.08. The highest BCUT2D eigenvalue weighted by Gasteiger charge is 2.18. The molecule has 0 fully saturated rings. The molecule has 1 aromatic carbocycles. The summed E-state index contributed by atoms with van der Waals surface area (Å²) in [7, 11) is 0. The molecule has 2 N–H and O–H groups in total. The fourth-order valence-corrected chi connectivity index (χ4v) is 1.30. The first-order valence-corrected chi connectivity index (χ1v) is 4.64. The number of benzene rings is 1. The smallest absolute Gasteiger partial charge is 0.185 e. The number of nitrogens with one attached hydrogen (secondary N) is 2. The highest BCUT2D eigenvalue weighted by molar-refractivity contribution is 5.47. The van der Waals surface area contributed by atoms with Gasteiger partial charge in [-0.15, -0.1) is 0 Å². The minimum absolute atomic E-state index is 0.0796. The van der Waals surface area contributed by atoms with E-state index in [0.29, 0.717) is 5.82 Å². The lowest BCUT2D eigenvalue weighted by Crippen LogP contribution is -2.08. The van der Waals surface area contributed by atoms with Crippen molar-refractivity contribution in [3.63, 3.8) is 0 Å². The number of hydrogen-bond donors (Lipinski definition) is 2. The van der Waals surface area contributed by atoms with Crippen molar-refractivity contribution in [3.05, 3.63) is 47.6 Å². The van der Waals surface area contributed by atoms with E-state index in [9.17, 15) is 17.6 Å². The lowest BCUT2D eigenvalue weighted by atomic mass is 10.2. The van der Waals surface area contributed by atoms with E-state index in [4.69, 9.17) is 0 Å². The normalized spacial score (nSPS) is 10.6. The number of imidazole rings is 1. The standard InChI is InChI=1S/C10H7F4N3/c11-5-3-6(12)9(14)10(8(5)13)17-4-7-15-1-2-16-7/h1-3,17H,4H2,(H,15,16). The first kappa shape index (κ1) is 11.4. The molecule has 0 bridgehead atoms. The summed E-state index contributed by atoms with van der Waals surface area (Å²) < 4.78 is 52.1. The maximum atomic E-state index is 13.2. The molecule has 2 aromatic rings. The van der Waals surface area contributed by atoms with Crippen molar-refractivity contribution in [1.29, 1.82) is 0 Å². The zero-order valence-corrected chi connectivity index (χ0v) is 8.40. The number of nitrogens with zero attached hydrogens (tertiary/aromatic N) is 1. The van der Waals surface area contributed by atoms with Crippen LogP contribution < -0.4 is 5.32 Å². The molecule has 0 spiro atoms. The molecular formula is C10H7F4N3. The second-order valence-electron chi connectivity index (χ2n) is 3.23. The molecule has 0 saturated heterocycles. The Morgan fingerprint density at radius 3 is 2.29 bits per heavy atom. The van der Waals surface area contributed by atoms with Crippen molar-refractivity contribution in [3.8, 4) is 0 Å². The molecule has 3 nitrogen and oxygen atoms in total. The predicted octanol–water partition coefficient (Wildman–Crippen LogP) is 2.58. The van der Waals surface area contributed by atoms with Gasteiger partial charge in [0.15, 0.2) is 23.3 Å². The molecule has 1 heterocycles. The molecule has 0 atom stereocenters. The van der Waals surface area contributed by atoms with Gasteiger partial charge in [-0.25, -0.2) is 22.5 Å². The van der Waals surface area contributed by atoms with Crippen LogP contribution in [0.3, 0.4) is 0 Å². The van der Waals surface area contributed by atoms with Crippen LogP contribution in [-0.4, -0.2) is 9.97 Å². The lowest BCUT2D eigenvalue weighted by molar-refractivity contribution is 0.458. The van der Waals surface area contributed by atoms with Crippen LogP contribution >= 0.6 is 0 Å². The highest BCUT2D eigenvalue weighted by atomic mass is 19.2. The van der Waals surface area contributed by atoms with Gasteiger partial charge >= 0.3 is 0 Å². The van der Waals surface area contributed by atoms with E-state index >= 15 is 0 Å². The number of hydrogen-bond acceptors (Lipinski definition) is 2. The summed E-state index contributed by atoms with van der Waals surface area (Å²) >= 11 is 0. The van der Waals surface area contributed by atoms with E-state index in [0.717, 1.165) is 0 Å². The summed E-state index contributed by atoms with van der Waals surface area (Å²) in [6.45, 7) is -0.0796. The Morgan fingerprint density at radius 1 is 1.12 bits per heavy atom. The highest BCUT2D eigenvalue weighted by Crippen LogP contribution is 2.24. The Hall–Kier alpha value is -2.05. The fraction of sp³-hybridized carbons (Fsp3) is 0.100. The van der Waals surface area contributed by atoms with E-state index in [2.05, 4.69) is 15.3 Å². The van der Waals surface area contributed by atoms with E-state index in [1.54, 1.807) is 0 Å². The molecule has 90 valence electrons. The van der Waals surface area contributed by atoms with Crippen molar-refractivity contribution < 1.29 is 17.6 Å². The average molecular weight is 245 g/mol. The van der Waals surface area contributed by atoms with Crippen molar-refractivity contribution in [2.24, 2.45) is 0 Å². The molecule has 0 aliphatic heterocycles. The predicted molar refractivity (Wildman–Crippen MR) is 52.2 cm³/mol. The summed E-state index contributed by atoms with van der Waals surface area (Å²) in [5, 5.41) is 2.24. The maximum Gasteiger partial charge on any atom is 0.185 e. The van der Waals surface area contributed by atoms with Crippen molar-refractivity contribution >= 4 is 5.69 Å². The monoisotopic (exact) mass is 245 g/mol. The molecule has 17 heavy (non-hydrogen) atoms. The second kappa shape index (κ2) is 4.44. The third-order valence-corrected chi connectivity index (χ3v) is 2.10. The number of rotatable bonds is 3. The number of halogens is 4. The molecule has 7 heteroatoms. The van der Waals surface area contributed by atoms with E-state index in [1.807, 2.05) is 0 Å². The van der Waals surface area contributed by atoms with Gasteiger partial charge in [-0.05, 0) is 0 Å². The topological polar surface area (TPSA) is 40.7 Å². The maximum absolute atomic E-state index is 13.2. The van der Waals surface area contributed by atoms with Crippen LogP contribution in [0.25, 0.3) is 0 Å². The van der Waals surface area contributed by atoms with Crippen LogP contribution in [0.2, 0.25) is 0 Å². The van der Waals surface area contributed by atoms with Gasteiger partial charge in [0.05, 0.1) is 6.54 Å². The quantitative estimate of drug-likeness (QED) is 0.644. The first-order valence-electron chi connectivity index (χ1n) is 4.64. The third kappa shape index (κ3) is 2.22. The fourth-order valence-electron chi connectivity index (χ4n) is 1.30. The molecule has 0 saturated carbocycles. The summed E-state index contributed by atoms with van der Waals surface area (Å²) in [5.41, 5.74) is -0.848. The molecule has 0 radical (unpaired) electrons.